The van der Waals surface area contributed by atoms with Crippen LogP contribution in [0.15, 0.2) is 40.9 Å². The zero-order valence-electron chi connectivity index (χ0n) is 7.49. The third-order valence-electron chi connectivity index (χ3n) is 1.16. The maximum Gasteiger partial charge on any atom is 0.106 e. The minimum absolute atomic E-state index is 1.01. The monoisotopic (exact) mass is 162 g/mol. The second-order valence-electron chi connectivity index (χ2n) is 2.22. The molecule has 0 spiro atoms. The van der Waals surface area contributed by atoms with E-state index in [0.717, 1.165) is 11.9 Å². The van der Waals surface area contributed by atoms with Crippen molar-refractivity contribution in [3.05, 3.63) is 36.0 Å². The highest BCUT2D eigenvalue weighted by Gasteiger charge is 1.74. The number of nitrogens with zero attached hydrogens (tertiary/aromatic N) is 1. The smallest absolute Gasteiger partial charge is 0.106 e. The van der Waals surface area contributed by atoms with Crippen molar-refractivity contribution >= 4 is 12.6 Å². The Morgan fingerprint density at radius 3 is 2.67 bits per heavy atom. The van der Waals surface area contributed by atoms with Crippen LogP contribution in [0.2, 0.25) is 0 Å². The zero-order valence-corrected chi connectivity index (χ0v) is 7.49. The minimum Gasteiger partial charge on any atom is -0.290 e. The van der Waals surface area contributed by atoms with E-state index < -0.39 is 0 Å². The lowest BCUT2D eigenvalue weighted by molar-refractivity contribution is 1.51. The van der Waals surface area contributed by atoms with E-state index in [-0.39, 0.29) is 0 Å². The van der Waals surface area contributed by atoms with Gasteiger partial charge in [0.25, 0.3) is 0 Å². The Bertz CT molecular complexity index is 232. The molecule has 0 atom stereocenters. The van der Waals surface area contributed by atoms with Crippen LogP contribution in [-0.2, 0) is 0 Å². The van der Waals surface area contributed by atoms with E-state index in [4.69, 9.17) is 5.41 Å². The predicted molar refractivity (Wildman–Crippen MR) is 55.0 cm³/mol. The molecule has 2 nitrogen and oxygen atoms in total. The Labute approximate surface area is 73.5 Å². The first kappa shape index (κ1) is 10.6. The van der Waals surface area contributed by atoms with Crippen molar-refractivity contribution in [1.82, 2.24) is 0 Å². The van der Waals surface area contributed by atoms with Crippen molar-refractivity contribution in [2.45, 2.75) is 13.8 Å². The van der Waals surface area contributed by atoms with Crippen molar-refractivity contribution in [2.24, 2.45) is 4.99 Å². The number of hydrogen-bond acceptors (Lipinski definition) is 1. The highest BCUT2D eigenvalue weighted by atomic mass is 14.7. The molecular formula is C10H14N2. The highest BCUT2D eigenvalue weighted by molar-refractivity contribution is 5.79. The van der Waals surface area contributed by atoms with E-state index in [1.807, 2.05) is 38.2 Å². The zero-order chi connectivity index (χ0) is 9.23. The van der Waals surface area contributed by atoms with Gasteiger partial charge in [0.05, 0.1) is 0 Å². The van der Waals surface area contributed by atoms with Gasteiger partial charge in [0.1, 0.15) is 6.34 Å². The molecule has 0 fully saturated rings. The Hall–Kier alpha value is -1.44. The molecule has 0 saturated carbocycles. The van der Waals surface area contributed by atoms with Gasteiger partial charge in [-0.3, -0.25) is 5.41 Å². The molecule has 12 heavy (non-hydrogen) atoms. The maximum atomic E-state index is 6.62. The van der Waals surface area contributed by atoms with E-state index in [0.29, 0.717) is 0 Å². The lowest BCUT2D eigenvalue weighted by atomic mass is 10.2. The van der Waals surface area contributed by atoms with Gasteiger partial charge in [-0.2, -0.15) is 0 Å². The summed E-state index contributed by atoms with van der Waals surface area (Å²) in [5, 5.41) is 6.62. The van der Waals surface area contributed by atoms with Crippen LogP contribution in [0.5, 0.6) is 0 Å². The first-order valence-corrected chi connectivity index (χ1v) is 3.79. The van der Waals surface area contributed by atoms with E-state index >= 15 is 0 Å². The van der Waals surface area contributed by atoms with Crippen molar-refractivity contribution < 1.29 is 0 Å². The molecule has 0 aromatic carbocycles. The van der Waals surface area contributed by atoms with E-state index in [9.17, 15) is 0 Å². The molecule has 0 heterocycles. The lowest BCUT2D eigenvalue weighted by Crippen LogP contribution is -1.69. The van der Waals surface area contributed by atoms with Gasteiger partial charge in [0.2, 0.25) is 0 Å². The first-order chi connectivity index (χ1) is 5.81. The molecule has 1 N–H and O–H groups in total. The van der Waals surface area contributed by atoms with Crippen LogP contribution in [0, 0.1) is 5.41 Å². The minimum atomic E-state index is 1.01. The molecule has 0 aliphatic carbocycles. The summed E-state index contributed by atoms with van der Waals surface area (Å²) in [6, 6.07) is 0. The lowest BCUT2D eigenvalue weighted by Gasteiger charge is -1.84. The first-order valence-electron chi connectivity index (χ1n) is 3.79. The molecule has 0 radical (unpaired) electrons. The van der Waals surface area contributed by atoms with Crippen LogP contribution in [0.4, 0.5) is 0 Å². The molecule has 0 unspecified atom stereocenters. The molecule has 0 aliphatic heterocycles. The van der Waals surface area contributed by atoms with Gasteiger partial charge in [0.15, 0.2) is 0 Å². The standard InChI is InChI=1S/C10H14N2/c1-3-4-6-10(2)7-5-8-12-9-11/h3-9,11H,1-2H3/b4-3+,7-5-,10-6-,11-9?,12-8?. The summed E-state index contributed by atoms with van der Waals surface area (Å²) >= 11 is 0. The molecule has 0 aliphatic rings. The third kappa shape index (κ3) is 6.68. The Balaban J connectivity index is 3.98. The largest absolute Gasteiger partial charge is 0.290 e. The fraction of sp³-hybridized carbons (Fsp3) is 0.200. The fourth-order valence-electron chi connectivity index (χ4n) is 0.591. The molecule has 0 amide bonds. The average Bonchev–Trinajstić information content (AvgIpc) is 2.09. The van der Waals surface area contributed by atoms with Crippen molar-refractivity contribution in [2.75, 3.05) is 0 Å². The fourth-order valence-corrected chi connectivity index (χ4v) is 0.591. The molecule has 0 rings (SSSR count). The molecule has 0 bridgehead atoms. The van der Waals surface area contributed by atoms with E-state index in [1.54, 1.807) is 12.3 Å². The van der Waals surface area contributed by atoms with Crippen LogP contribution in [-0.4, -0.2) is 12.6 Å². The number of aliphatic imine (C=N–C) groups is 1. The van der Waals surface area contributed by atoms with Gasteiger partial charge < -0.3 is 0 Å². The van der Waals surface area contributed by atoms with Gasteiger partial charge in [-0.15, -0.1) is 0 Å². The van der Waals surface area contributed by atoms with E-state index in [2.05, 4.69) is 4.99 Å². The molecular weight excluding hydrogens is 148 g/mol. The molecule has 2 heteroatoms. The summed E-state index contributed by atoms with van der Waals surface area (Å²) in [4.78, 5) is 3.61. The van der Waals surface area contributed by atoms with Crippen molar-refractivity contribution in [3.63, 3.8) is 0 Å². The Kier molecular flexibility index (Phi) is 6.74. The normalized spacial score (nSPS) is 13.7. The molecule has 64 valence electrons. The van der Waals surface area contributed by atoms with Crippen LogP contribution in [0.3, 0.4) is 0 Å². The predicted octanol–water partition coefficient (Wildman–Crippen LogP) is 2.74. The second-order valence-corrected chi connectivity index (χ2v) is 2.22. The summed E-state index contributed by atoms with van der Waals surface area (Å²) in [5.74, 6) is 0. The Morgan fingerprint density at radius 1 is 1.33 bits per heavy atom. The Morgan fingerprint density at radius 2 is 2.08 bits per heavy atom. The van der Waals surface area contributed by atoms with Gasteiger partial charge in [-0.1, -0.05) is 29.9 Å². The van der Waals surface area contributed by atoms with Gasteiger partial charge in [0, 0.05) is 6.21 Å². The number of nitrogens with one attached hydrogen (secondary N) is 1. The molecule has 0 aromatic rings. The van der Waals surface area contributed by atoms with Gasteiger partial charge >= 0.3 is 0 Å². The van der Waals surface area contributed by atoms with Crippen molar-refractivity contribution in [1.29, 1.82) is 5.41 Å². The maximum absolute atomic E-state index is 6.62. The van der Waals surface area contributed by atoms with E-state index in [1.165, 1.54) is 0 Å². The summed E-state index contributed by atoms with van der Waals surface area (Å²) in [5.41, 5.74) is 1.16. The second kappa shape index (κ2) is 7.66. The average molecular weight is 162 g/mol. The summed E-state index contributed by atoms with van der Waals surface area (Å²) in [6.07, 6.45) is 12.3. The third-order valence-corrected chi connectivity index (χ3v) is 1.16. The highest BCUT2D eigenvalue weighted by Crippen LogP contribution is 1.93. The summed E-state index contributed by atoms with van der Waals surface area (Å²) in [6.45, 7) is 3.98. The van der Waals surface area contributed by atoms with Crippen LogP contribution in [0.25, 0.3) is 0 Å². The van der Waals surface area contributed by atoms with Crippen LogP contribution < -0.4 is 0 Å². The topological polar surface area (TPSA) is 36.2 Å². The number of hydrogen-bond donors (Lipinski definition) is 1. The molecule has 0 aromatic heterocycles. The number of rotatable bonds is 4. The van der Waals surface area contributed by atoms with Crippen molar-refractivity contribution in [3.8, 4) is 0 Å². The quantitative estimate of drug-likeness (QED) is 0.375. The van der Waals surface area contributed by atoms with Gasteiger partial charge in [-0.25, -0.2) is 4.99 Å². The summed E-state index contributed by atoms with van der Waals surface area (Å²) < 4.78 is 0. The van der Waals surface area contributed by atoms with Gasteiger partial charge in [-0.05, 0) is 19.9 Å². The van der Waals surface area contributed by atoms with Crippen LogP contribution >= 0.6 is 0 Å². The molecule has 0 saturated heterocycles. The van der Waals surface area contributed by atoms with Crippen LogP contribution in [0.1, 0.15) is 13.8 Å². The SMILES string of the molecule is C/C=C/C=C(C)\C=C/C=NC=N. The summed E-state index contributed by atoms with van der Waals surface area (Å²) in [7, 11) is 0. The number of allylic oxidation sites excluding steroid dienone is 6.